The van der Waals surface area contributed by atoms with Gasteiger partial charge in [-0.25, -0.2) is 0 Å². The molecule has 0 aliphatic rings. The van der Waals surface area contributed by atoms with Crippen molar-refractivity contribution in [1.29, 1.82) is 0 Å². The van der Waals surface area contributed by atoms with Crippen molar-refractivity contribution in [2.75, 3.05) is 26.2 Å². The van der Waals surface area contributed by atoms with E-state index >= 15 is 0 Å². The molecule has 0 atom stereocenters. The molecule has 0 aromatic heterocycles. The molecule has 5 heteroatoms. The second-order valence-corrected chi connectivity index (χ2v) is 14.0. The van der Waals surface area contributed by atoms with E-state index in [1.54, 1.807) is 0 Å². The van der Waals surface area contributed by atoms with E-state index in [4.69, 9.17) is 9.47 Å². The van der Waals surface area contributed by atoms with Gasteiger partial charge in [-0.15, -0.1) is 0 Å². The van der Waals surface area contributed by atoms with E-state index in [9.17, 15) is 9.59 Å². The summed E-state index contributed by atoms with van der Waals surface area (Å²) in [5, 5.41) is 0. The Balaban J connectivity index is 4.04. The summed E-state index contributed by atoms with van der Waals surface area (Å²) in [5.41, 5.74) is 0. The van der Waals surface area contributed by atoms with E-state index in [2.05, 4.69) is 32.6 Å². The number of hydrogen-bond acceptors (Lipinski definition) is 5. The van der Waals surface area contributed by atoms with Gasteiger partial charge in [0.2, 0.25) is 0 Å². The molecule has 274 valence electrons. The van der Waals surface area contributed by atoms with E-state index in [0.717, 1.165) is 64.6 Å². The molecule has 0 spiro atoms. The van der Waals surface area contributed by atoms with Crippen LogP contribution in [0.2, 0.25) is 0 Å². The zero-order chi connectivity index (χ0) is 33.8. The molecule has 0 N–H and O–H groups in total. The molecule has 0 bridgehead atoms. The molecule has 0 saturated carbocycles. The summed E-state index contributed by atoms with van der Waals surface area (Å²) < 4.78 is 11.5. The van der Waals surface area contributed by atoms with Crippen molar-refractivity contribution in [2.45, 2.75) is 226 Å². The van der Waals surface area contributed by atoms with Gasteiger partial charge in [0.1, 0.15) is 6.10 Å². The van der Waals surface area contributed by atoms with Crippen molar-refractivity contribution in [3.63, 3.8) is 0 Å². The Morgan fingerprint density at radius 3 is 1.41 bits per heavy atom. The highest BCUT2D eigenvalue weighted by Gasteiger charge is 2.14. The molecular weight excluding hydrogens is 570 g/mol. The Labute approximate surface area is 288 Å². The Kier molecular flexibility index (Phi) is 35.9. The fraction of sp³-hybridized carbons (Fsp3) is 0.951. The SMILES string of the molecule is CCCCCCCCCOC(=O)CCCN(CCC)CCCCCCCC(=O)OC(CCCCCCCC)CCCCCCCC. The predicted octanol–water partition coefficient (Wildman–Crippen LogP) is 12.5. The molecule has 0 fully saturated rings. The van der Waals surface area contributed by atoms with Crippen molar-refractivity contribution < 1.29 is 19.1 Å². The first kappa shape index (κ1) is 44.9. The third-order valence-electron chi connectivity index (χ3n) is 9.32. The van der Waals surface area contributed by atoms with Crippen molar-refractivity contribution in [2.24, 2.45) is 0 Å². The molecule has 0 unspecified atom stereocenters. The molecule has 0 rings (SSSR count). The zero-order valence-corrected chi connectivity index (χ0v) is 31.7. The maximum absolute atomic E-state index is 12.7. The number of rotatable bonds is 37. The molecule has 0 amide bonds. The maximum Gasteiger partial charge on any atom is 0.306 e. The van der Waals surface area contributed by atoms with Gasteiger partial charge in [-0.2, -0.15) is 0 Å². The molecule has 5 nitrogen and oxygen atoms in total. The van der Waals surface area contributed by atoms with Gasteiger partial charge in [0.25, 0.3) is 0 Å². The van der Waals surface area contributed by atoms with Gasteiger partial charge >= 0.3 is 11.9 Å². The molecule has 0 aromatic carbocycles. The monoisotopic (exact) mass is 652 g/mol. The summed E-state index contributed by atoms with van der Waals surface area (Å²) in [6.07, 6.45) is 35.1. The third-order valence-corrected chi connectivity index (χ3v) is 9.32. The molecule has 46 heavy (non-hydrogen) atoms. The van der Waals surface area contributed by atoms with Crippen LogP contribution in [0.15, 0.2) is 0 Å². The first-order valence-electron chi connectivity index (χ1n) is 20.6. The van der Waals surface area contributed by atoms with Gasteiger partial charge in [0.15, 0.2) is 0 Å². The first-order valence-corrected chi connectivity index (χ1v) is 20.6. The average Bonchev–Trinajstić information content (AvgIpc) is 3.04. The Morgan fingerprint density at radius 1 is 0.435 bits per heavy atom. The number of hydrogen-bond donors (Lipinski definition) is 0. The predicted molar refractivity (Wildman–Crippen MR) is 198 cm³/mol. The topological polar surface area (TPSA) is 55.8 Å². The van der Waals surface area contributed by atoms with Gasteiger partial charge in [0.05, 0.1) is 6.61 Å². The van der Waals surface area contributed by atoms with Crippen LogP contribution in [0, 0.1) is 0 Å². The summed E-state index contributed by atoms with van der Waals surface area (Å²) in [5.74, 6) is -0.00545. The lowest BCUT2D eigenvalue weighted by Gasteiger charge is -2.21. The largest absolute Gasteiger partial charge is 0.466 e. The molecule has 0 radical (unpaired) electrons. The summed E-state index contributed by atoms with van der Waals surface area (Å²) in [4.78, 5) is 27.3. The fourth-order valence-electron chi connectivity index (χ4n) is 6.36. The third kappa shape index (κ3) is 32.8. The van der Waals surface area contributed by atoms with Crippen LogP contribution in [0.25, 0.3) is 0 Å². The second-order valence-electron chi connectivity index (χ2n) is 14.0. The van der Waals surface area contributed by atoms with E-state index in [0.29, 0.717) is 19.4 Å². The lowest BCUT2D eigenvalue weighted by Crippen LogP contribution is -2.27. The van der Waals surface area contributed by atoms with Crippen LogP contribution in [0.3, 0.4) is 0 Å². The van der Waals surface area contributed by atoms with Gasteiger partial charge in [-0.3, -0.25) is 9.59 Å². The number of esters is 2. The van der Waals surface area contributed by atoms with E-state index in [1.807, 2.05) is 0 Å². The highest BCUT2D eigenvalue weighted by atomic mass is 16.5. The van der Waals surface area contributed by atoms with Crippen molar-refractivity contribution in [3.05, 3.63) is 0 Å². The molecule has 0 aliphatic heterocycles. The fourth-order valence-corrected chi connectivity index (χ4v) is 6.36. The molecule has 0 aromatic rings. The summed E-state index contributed by atoms with van der Waals surface area (Å²) in [7, 11) is 0. The second kappa shape index (κ2) is 36.7. The molecular formula is C41H81NO4. The highest BCUT2D eigenvalue weighted by Crippen LogP contribution is 2.18. The summed E-state index contributed by atoms with van der Waals surface area (Å²) >= 11 is 0. The van der Waals surface area contributed by atoms with Crippen LogP contribution >= 0.6 is 0 Å². The van der Waals surface area contributed by atoms with Crippen LogP contribution in [-0.2, 0) is 19.1 Å². The minimum atomic E-state index is -0.0305. The van der Waals surface area contributed by atoms with E-state index in [1.165, 1.54) is 135 Å². The Morgan fingerprint density at radius 2 is 0.870 bits per heavy atom. The van der Waals surface area contributed by atoms with Gasteiger partial charge in [0, 0.05) is 12.8 Å². The Hall–Kier alpha value is -1.10. The van der Waals surface area contributed by atoms with Gasteiger partial charge in [-0.05, 0) is 77.4 Å². The van der Waals surface area contributed by atoms with E-state index < -0.39 is 0 Å². The lowest BCUT2D eigenvalue weighted by atomic mass is 10.0. The standard InChI is InChI=1S/C41H81NO4/c1-5-9-12-15-18-24-29-38-45-40(43)34-30-37-42(35-8-4)36-28-23-19-22-27-33-41(44)46-39(31-25-20-16-13-10-6-2)32-26-21-17-14-11-7-3/h39H,5-38H2,1-4H3. The van der Waals surface area contributed by atoms with Crippen LogP contribution < -0.4 is 0 Å². The van der Waals surface area contributed by atoms with E-state index in [-0.39, 0.29) is 18.0 Å². The van der Waals surface area contributed by atoms with Crippen molar-refractivity contribution in [3.8, 4) is 0 Å². The highest BCUT2D eigenvalue weighted by molar-refractivity contribution is 5.69. The van der Waals surface area contributed by atoms with Gasteiger partial charge in [-0.1, -0.05) is 150 Å². The minimum Gasteiger partial charge on any atom is -0.466 e. The van der Waals surface area contributed by atoms with Crippen LogP contribution in [0.4, 0.5) is 0 Å². The quantitative estimate of drug-likeness (QED) is 0.0494. The number of carbonyl (C=O) groups is 2. The Bertz CT molecular complexity index is 624. The number of unbranched alkanes of at least 4 members (excludes halogenated alkanes) is 20. The van der Waals surface area contributed by atoms with Crippen LogP contribution in [-0.4, -0.2) is 49.2 Å². The summed E-state index contributed by atoms with van der Waals surface area (Å²) in [6, 6.07) is 0. The zero-order valence-electron chi connectivity index (χ0n) is 31.7. The van der Waals surface area contributed by atoms with Crippen LogP contribution in [0.5, 0.6) is 0 Å². The van der Waals surface area contributed by atoms with Crippen molar-refractivity contribution >= 4 is 11.9 Å². The lowest BCUT2D eigenvalue weighted by molar-refractivity contribution is -0.150. The first-order chi connectivity index (χ1) is 22.6. The number of ether oxygens (including phenoxy) is 2. The molecule has 0 saturated heterocycles. The van der Waals surface area contributed by atoms with Crippen LogP contribution in [0.1, 0.15) is 220 Å². The molecule has 0 aliphatic carbocycles. The number of nitrogens with zero attached hydrogens (tertiary/aromatic N) is 1. The maximum atomic E-state index is 12.7. The van der Waals surface area contributed by atoms with Crippen molar-refractivity contribution in [1.82, 2.24) is 4.90 Å². The minimum absolute atomic E-state index is 0.0250. The number of carbonyl (C=O) groups excluding carboxylic acids is 2. The average molecular weight is 652 g/mol. The summed E-state index contributed by atoms with van der Waals surface area (Å²) in [6.45, 7) is 12.8. The van der Waals surface area contributed by atoms with Gasteiger partial charge < -0.3 is 14.4 Å². The smallest absolute Gasteiger partial charge is 0.306 e. The normalized spacial score (nSPS) is 11.5. The molecule has 0 heterocycles.